The van der Waals surface area contributed by atoms with Crippen molar-refractivity contribution in [3.63, 3.8) is 0 Å². The van der Waals surface area contributed by atoms with Crippen LogP contribution in [-0.4, -0.2) is 33.3 Å². The molecule has 1 amide bonds. The van der Waals surface area contributed by atoms with E-state index in [0.29, 0.717) is 30.1 Å². The number of halogens is 2. The molecule has 1 unspecified atom stereocenters. The molecule has 3 rings (SSSR count). The summed E-state index contributed by atoms with van der Waals surface area (Å²) in [5.41, 5.74) is 0.692. The van der Waals surface area contributed by atoms with Crippen molar-refractivity contribution in [1.29, 1.82) is 0 Å². The summed E-state index contributed by atoms with van der Waals surface area (Å²) in [4.78, 5) is 33.6. The molecule has 23 heavy (non-hydrogen) atoms. The molecule has 1 aliphatic rings. The molecule has 0 aliphatic carbocycles. The largest absolute Gasteiger partial charge is 0.296 e. The monoisotopic (exact) mass is 413 g/mol. The molecule has 0 N–H and O–H groups in total. The van der Waals surface area contributed by atoms with Crippen LogP contribution >= 0.6 is 39.3 Å². The van der Waals surface area contributed by atoms with Gasteiger partial charge in [-0.2, -0.15) is 4.98 Å². The summed E-state index contributed by atoms with van der Waals surface area (Å²) in [6, 6.07) is 5.58. The molecular formula is C15H13BrClN3O2S. The standard InChI is InChI=1S/C15H13BrClN3O2S/c1-8(21)23-7-9-4-13(22)20(6-9)14-11-5-10(16)2-3-12(11)18-15(17)19-14/h2-3,5,9H,4,6-7H2,1H3. The van der Waals surface area contributed by atoms with Gasteiger partial charge in [0.1, 0.15) is 5.82 Å². The molecule has 2 aromatic rings. The van der Waals surface area contributed by atoms with Gasteiger partial charge in [-0.3, -0.25) is 14.5 Å². The van der Waals surface area contributed by atoms with E-state index in [-0.39, 0.29) is 22.2 Å². The van der Waals surface area contributed by atoms with Crippen molar-refractivity contribution in [1.82, 2.24) is 9.97 Å². The third-order valence-electron chi connectivity index (χ3n) is 3.59. The van der Waals surface area contributed by atoms with Crippen molar-refractivity contribution in [2.45, 2.75) is 13.3 Å². The summed E-state index contributed by atoms with van der Waals surface area (Å²) >= 11 is 10.7. The SMILES string of the molecule is CC(=O)SCC1CC(=O)N(c2nc(Cl)nc3ccc(Br)cc23)C1. The number of rotatable bonds is 3. The number of anilines is 1. The summed E-state index contributed by atoms with van der Waals surface area (Å²) in [7, 11) is 0. The van der Waals surface area contributed by atoms with E-state index in [9.17, 15) is 9.59 Å². The first-order chi connectivity index (χ1) is 10.9. The van der Waals surface area contributed by atoms with E-state index >= 15 is 0 Å². The fourth-order valence-electron chi connectivity index (χ4n) is 2.60. The van der Waals surface area contributed by atoms with Gasteiger partial charge in [-0.15, -0.1) is 0 Å². The van der Waals surface area contributed by atoms with Gasteiger partial charge in [0.05, 0.1) is 5.52 Å². The lowest BCUT2D eigenvalue weighted by Crippen LogP contribution is -2.26. The van der Waals surface area contributed by atoms with Crippen molar-refractivity contribution in [2.24, 2.45) is 5.92 Å². The van der Waals surface area contributed by atoms with Gasteiger partial charge in [-0.05, 0) is 35.7 Å². The molecule has 0 saturated carbocycles. The van der Waals surface area contributed by atoms with Gasteiger partial charge in [0.25, 0.3) is 0 Å². The van der Waals surface area contributed by atoms with E-state index in [2.05, 4.69) is 25.9 Å². The maximum Gasteiger partial charge on any atom is 0.228 e. The molecule has 1 aromatic carbocycles. The number of hydrogen-bond acceptors (Lipinski definition) is 5. The van der Waals surface area contributed by atoms with Gasteiger partial charge in [-0.1, -0.05) is 27.7 Å². The molecule has 0 bridgehead atoms. The molecule has 5 nitrogen and oxygen atoms in total. The zero-order valence-corrected chi connectivity index (χ0v) is 15.4. The van der Waals surface area contributed by atoms with Crippen LogP contribution in [0, 0.1) is 5.92 Å². The molecule has 1 saturated heterocycles. The quantitative estimate of drug-likeness (QED) is 0.717. The van der Waals surface area contributed by atoms with Gasteiger partial charge < -0.3 is 0 Å². The van der Waals surface area contributed by atoms with E-state index in [1.54, 1.807) is 4.90 Å². The highest BCUT2D eigenvalue weighted by molar-refractivity contribution is 9.10. The van der Waals surface area contributed by atoms with Gasteiger partial charge in [-0.25, -0.2) is 4.98 Å². The van der Waals surface area contributed by atoms with Gasteiger partial charge in [0.2, 0.25) is 11.2 Å². The topological polar surface area (TPSA) is 63.2 Å². The first-order valence-corrected chi connectivity index (χ1v) is 9.16. The summed E-state index contributed by atoms with van der Waals surface area (Å²) in [6.45, 7) is 2.07. The second kappa shape index (κ2) is 6.75. The van der Waals surface area contributed by atoms with E-state index < -0.39 is 0 Å². The molecule has 8 heteroatoms. The number of benzene rings is 1. The van der Waals surface area contributed by atoms with Crippen molar-refractivity contribution in [2.75, 3.05) is 17.2 Å². The second-order valence-electron chi connectivity index (χ2n) is 5.35. The average Bonchev–Trinajstić information content (AvgIpc) is 2.86. The zero-order chi connectivity index (χ0) is 16.6. The Kier molecular flexibility index (Phi) is 4.89. The van der Waals surface area contributed by atoms with Crippen molar-refractivity contribution in [3.05, 3.63) is 28.0 Å². The maximum absolute atomic E-state index is 12.4. The van der Waals surface area contributed by atoms with Gasteiger partial charge in [0.15, 0.2) is 5.12 Å². The minimum Gasteiger partial charge on any atom is -0.296 e. The Balaban J connectivity index is 1.95. The normalized spacial score (nSPS) is 18.0. The van der Waals surface area contributed by atoms with Crippen LogP contribution in [0.5, 0.6) is 0 Å². The van der Waals surface area contributed by atoms with Gasteiger partial charge in [0, 0.05) is 35.5 Å². The van der Waals surface area contributed by atoms with Crippen LogP contribution in [-0.2, 0) is 9.59 Å². The number of carbonyl (C=O) groups is 2. The first kappa shape index (κ1) is 16.7. The highest BCUT2D eigenvalue weighted by atomic mass is 79.9. The first-order valence-electron chi connectivity index (χ1n) is 7.00. The summed E-state index contributed by atoms with van der Waals surface area (Å²) < 4.78 is 0.882. The number of hydrogen-bond donors (Lipinski definition) is 0. The average molecular weight is 415 g/mol. The Morgan fingerprint density at radius 1 is 1.48 bits per heavy atom. The Morgan fingerprint density at radius 2 is 2.26 bits per heavy atom. The van der Waals surface area contributed by atoms with Crippen molar-refractivity contribution >= 4 is 67.0 Å². The number of carbonyl (C=O) groups excluding carboxylic acids is 2. The summed E-state index contributed by atoms with van der Waals surface area (Å²) in [6.07, 6.45) is 0.414. The van der Waals surface area contributed by atoms with Crippen LogP contribution < -0.4 is 4.90 Å². The lowest BCUT2D eigenvalue weighted by Gasteiger charge is -2.17. The maximum atomic E-state index is 12.4. The number of thioether (sulfide) groups is 1. The predicted octanol–water partition coefficient (Wildman–Crippen LogP) is 3.68. The number of aromatic nitrogens is 2. The summed E-state index contributed by atoms with van der Waals surface area (Å²) in [5.74, 6) is 1.29. The van der Waals surface area contributed by atoms with Crippen molar-refractivity contribution in [3.8, 4) is 0 Å². The molecule has 120 valence electrons. The zero-order valence-electron chi connectivity index (χ0n) is 12.3. The van der Waals surface area contributed by atoms with E-state index in [4.69, 9.17) is 11.6 Å². The minimum atomic E-state index is -0.00445. The highest BCUT2D eigenvalue weighted by Gasteiger charge is 2.32. The van der Waals surface area contributed by atoms with E-state index in [0.717, 1.165) is 9.86 Å². The molecule has 1 aromatic heterocycles. The molecule has 1 fully saturated rings. The fraction of sp³-hybridized carbons (Fsp3) is 0.333. The lowest BCUT2D eigenvalue weighted by molar-refractivity contribution is -0.117. The predicted molar refractivity (Wildman–Crippen MR) is 95.8 cm³/mol. The summed E-state index contributed by atoms with van der Waals surface area (Å²) in [5, 5.41) is 0.955. The molecule has 1 atom stereocenters. The third-order valence-corrected chi connectivity index (χ3v) is 5.30. The van der Waals surface area contributed by atoms with Crippen LogP contribution in [0.25, 0.3) is 10.9 Å². The Bertz CT molecular complexity index is 802. The van der Waals surface area contributed by atoms with E-state index in [1.165, 1.54) is 18.7 Å². The van der Waals surface area contributed by atoms with Crippen molar-refractivity contribution < 1.29 is 9.59 Å². The van der Waals surface area contributed by atoms with Crippen LogP contribution in [0.1, 0.15) is 13.3 Å². The van der Waals surface area contributed by atoms with Crippen LogP contribution in [0.4, 0.5) is 5.82 Å². The Labute approximate surface area is 150 Å². The smallest absolute Gasteiger partial charge is 0.228 e. The fourth-order valence-corrected chi connectivity index (χ4v) is 3.82. The molecule has 0 spiro atoms. The lowest BCUT2D eigenvalue weighted by atomic mass is 10.1. The molecule has 0 radical (unpaired) electrons. The van der Waals surface area contributed by atoms with Crippen LogP contribution in [0.15, 0.2) is 22.7 Å². The second-order valence-corrected chi connectivity index (χ2v) is 7.81. The van der Waals surface area contributed by atoms with Crippen LogP contribution in [0.2, 0.25) is 5.28 Å². The Hall–Kier alpha value is -1.18. The number of amides is 1. The third kappa shape index (κ3) is 3.67. The molecule has 1 aliphatic heterocycles. The van der Waals surface area contributed by atoms with Gasteiger partial charge >= 0.3 is 0 Å². The molecule has 2 heterocycles. The number of fused-ring (bicyclic) bond motifs is 1. The number of nitrogens with zero attached hydrogens (tertiary/aromatic N) is 3. The minimum absolute atomic E-state index is 0.00445. The Morgan fingerprint density at radius 3 is 3.00 bits per heavy atom. The highest BCUT2D eigenvalue weighted by Crippen LogP contribution is 2.33. The van der Waals surface area contributed by atoms with Crippen LogP contribution in [0.3, 0.4) is 0 Å². The van der Waals surface area contributed by atoms with E-state index in [1.807, 2.05) is 18.2 Å². The molecular weight excluding hydrogens is 402 g/mol.